The van der Waals surface area contributed by atoms with E-state index in [9.17, 15) is 14.4 Å². The number of anilines is 1. The van der Waals surface area contributed by atoms with Crippen molar-refractivity contribution < 1.29 is 23.9 Å². The van der Waals surface area contributed by atoms with E-state index in [-0.39, 0.29) is 40.5 Å². The number of hydrogen-bond donors (Lipinski definition) is 2. The highest BCUT2D eigenvalue weighted by Crippen LogP contribution is 2.38. The second-order valence-electron chi connectivity index (χ2n) is 5.98. The van der Waals surface area contributed by atoms with Crippen molar-refractivity contribution in [3.63, 3.8) is 0 Å². The van der Waals surface area contributed by atoms with E-state index in [1.54, 1.807) is 34.6 Å². The number of ether oxygens (including phenoxy) is 2. The van der Waals surface area contributed by atoms with Crippen LogP contribution in [0.5, 0.6) is 0 Å². The lowest BCUT2D eigenvalue weighted by atomic mass is 10.1. The third kappa shape index (κ3) is 6.40. The maximum absolute atomic E-state index is 12.4. The number of carbonyl (C=O) groups excluding carboxylic acids is 3. The molecule has 1 rings (SSSR count). The number of alkyl halides is 3. The smallest absolute Gasteiger partial charge is 0.348 e. The van der Waals surface area contributed by atoms with Crippen LogP contribution in [0, 0.1) is 12.8 Å². The Morgan fingerprint density at radius 3 is 2.07 bits per heavy atom. The van der Waals surface area contributed by atoms with Gasteiger partial charge in [0.1, 0.15) is 16.0 Å². The number of halogens is 3. The summed E-state index contributed by atoms with van der Waals surface area (Å²) in [7, 11) is 0. The van der Waals surface area contributed by atoms with Gasteiger partial charge in [-0.2, -0.15) is 0 Å². The van der Waals surface area contributed by atoms with Crippen molar-refractivity contribution in [1.29, 1.82) is 0 Å². The summed E-state index contributed by atoms with van der Waals surface area (Å²) in [5, 5.41) is 5.65. The summed E-state index contributed by atoms with van der Waals surface area (Å²) in [4.78, 5) is 37.0. The van der Waals surface area contributed by atoms with Gasteiger partial charge in [0, 0.05) is 5.92 Å². The number of nitrogens with one attached hydrogen (secondary N) is 2. The topological polar surface area (TPSA) is 93.7 Å². The van der Waals surface area contributed by atoms with Gasteiger partial charge in [-0.05, 0) is 26.3 Å². The van der Waals surface area contributed by atoms with Crippen LogP contribution in [0.15, 0.2) is 0 Å². The molecule has 0 fully saturated rings. The second-order valence-corrected chi connectivity index (χ2v) is 9.37. The summed E-state index contributed by atoms with van der Waals surface area (Å²) in [5.41, 5.74) is 0.496. The van der Waals surface area contributed by atoms with Crippen molar-refractivity contribution in [2.24, 2.45) is 5.92 Å². The standard InChI is InChI=1S/C17H23Cl3N2O5S/c1-6-26-14(24)10-9(5)11(15(25)27-7-2)28-13(10)22-16(17(18,19)20)21-12(23)8(3)4/h8,16,22H,6-7H2,1-5H3,(H,21,23)/t16-/m0/s1. The first-order valence-electron chi connectivity index (χ1n) is 8.55. The molecule has 0 aliphatic carbocycles. The number of amides is 1. The minimum absolute atomic E-state index is 0.118. The molecule has 1 aromatic rings. The molecule has 0 aliphatic rings. The molecule has 0 spiro atoms. The number of thiophene rings is 1. The average molecular weight is 474 g/mol. The molecule has 2 N–H and O–H groups in total. The highest BCUT2D eigenvalue weighted by molar-refractivity contribution is 7.18. The van der Waals surface area contributed by atoms with E-state index in [1.807, 2.05) is 0 Å². The summed E-state index contributed by atoms with van der Waals surface area (Å²) in [6, 6.07) is 0. The lowest BCUT2D eigenvalue weighted by molar-refractivity contribution is -0.124. The monoisotopic (exact) mass is 472 g/mol. The van der Waals surface area contributed by atoms with Gasteiger partial charge in [-0.3, -0.25) is 4.79 Å². The van der Waals surface area contributed by atoms with E-state index in [4.69, 9.17) is 44.3 Å². The Kier molecular flexibility index (Phi) is 9.33. The van der Waals surface area contributed by atoms with E-state index in [0.717, 1.165) is 11.3 Å². The number of esters is 2. The molecule has 11 heteroatoms. The minimum atomic E-state index is -1.93. The van der Waals surface area contributed by atoms with E-state index in [1.165, 1.54) is 0 Å². The van der Waals surface area contributed by atoms with Crippen LogP contribution in [0.2, 0.25) is 0 Å². The Hall–Kier alpha value is -1.22. The Labute approximate surface area is 183 Å². The zero-order valence-electron chi connectivity index (χ0n) is 16.2. The van der Waals surface area contributed by atoms with E-state index in [2.05, 4.69) is 10.6 Å². The predicted molar refractivity (Wildman–Crippen MR) is 112 cm³/mol. The van der Waals surface area contributed by atoms with Crippen LogP contribution >= 0.6 is 46.1 Å². The largest absolute Gasteiger partial charge is 0.462 e. The average Bonchev–Trinajstić information content (AvgIpc) is 2.90. The summed E-state index contributed by atoms with van der Waals surface area (Å²) in [5.74, 6) is -1.95. The molecule has 28 heavy (non-hydrogen) atoms. The SMILES string of the molecule is CCOC(=O)c1sc(N[C@H](NC(=O)C(C)C)C(Cl)(Cl)Cl)c(C(=O)OCC)c1C. The summed E-state index contributed by atoms with van der Waals surface area (Å²) in [6.07, 6.45) is -1.16. The lowest BCUT2D eigenvalue weighted by Crippen LogP contribution is -2.50. The third-order valence-corrected chi connectivity index (χ3v) is 5.36. The highest BCUT2D eigenvalue weighted by atomic mass is 35.6. The first kappa shape index (κ1) is 24.8. The summed E-state index contributed by atoms with van der Waals surface area (Å²) in [6.45, 7) is 8.61. The Morgan fingerprint density at radius 1 is 1.07 bits per heavy atom. The second kappa shape index (κ2) is 10.5. The molecule has 1 heterocycles. The molecule has 0 bridgehead atoms. The normalized spacial score (nSPS) is 12.5. The van der Waals surface area contributed by atoms with Crippen molar-refractivity contribution in [1.82, 2.24) is 5.32 Å². The zero-order valence-corrected chi connectivity index (χ0v) is 19.2. The van der Waals surface area contributed by atoms with Gasteiger partial charge in [0.25, 0.3) is 0 Å². The van der Waals surface area contributed by atoms with Crippen LogP contribution in [0.3, 0.4) is 0 Å². The molecule has 0 aromatic carbocycles. The molecule has 7 nitrogen and oxygen atoms in total. The summed E-state index contributed by atoms with van der Waals surface area (Å²) < 4.78 is 8.17. The molecular weight excluding hydrogens is 451 g/mol. The number of hydrogen-bond acceptors (Lipinski definition) is 7. The van der Waals surface area contributed by atoms with E-state index < -0.39 is 21.9 Å². The lowest BCUT2D eigenvalue weighted by Gasteiger charge is -2.28. The molecule has 0 radical (unpaired) electrons. The van der Waals surface area contributed by atoms with Crippen molar-refractivity contribution in [3.05, 3.63) is 16.0 Å². The van der Waals surface area contributed by atoms with Gasteiger partial charge < -0.3 is 20.1 Å². The molecular formula is C17H23Cl3N2O5S. The third-order valence-electron chi connectivity index (χ3n) is 3.50. The van der Waals surface area contributed by atoms with E-state index >= 15 is 0 Å². The van der Waals surface area contributed by atoms with Crippen LogP contribution in [0.25, 0.3) is 0 Å². The van der Waals surface area contributed by atoms with Crippen molar-refractivity contribution in [3.8, 4) is 0 Å². The molecule has 158 valence electrons. The van der Waals surface area contributed by atoms with Crippen molar-refractivity contribution in [2.45, 2.75) is 44.6 Å². The van der Waals surface area contributed by atoms with Gasteiger partial charge in [-0.15, -0.1) is 11.3 Å². The molecule has 0 aliphatic heterocycles. The molecule has 0 saturated carbocycles. The van der Waals surface area contributed by atoms with Crippen LogP contribution < -0.4 is 10.6 Å². The van der Waals surface area contributed by atoms with Gasteiger partial charge in [-0.25, -0.2) is 9.59 Å². The van der Waals surface area contributed by atoms with Gasteiger partial charge in [0.05, 0.1) is 18.8 Å². The van der Waals surface area contributed by atoms with Crippen molar-refractivity contribution in [2.75, 3.05) is 18.5 Å². The van der Waals surface area contributed by atoms with Gasteiger partial charge in [-0.1, -0.05) is 48.7 Å². The molecule has 0 saturated heterocycles. The molecule has 1 atom stereocenters. The van der Waals surface area contributed by atoms with Gasteiger partial charge in [0.2, 0.25) is 9.70 Å². The zero-order chi connectivity index (χ0) is 21.6. The summed E-state index contributed by atoms with van der Waals surface area (Å²) >= 11 is 19.0. The minimum Gasteiger partial charge on any atom is -0.462 e. The van der Waals surface area contributed by atoms with Crippen LogP contribution in [0.4, 0.5) is 5.00 Å². The quantitative estimate of drug-likeness (QED) is 0.332. The van der Waals surface area contributed by atoms with Crippen LogP contribution in [0.1, 0.15) is 53.3 Å². The predicted octanol–water partition coefficient (Wildman–Crippen LogP) is 4.29. The number of rotatable bonds is 8. The first-order chi connectivity index (χ1) is 12.9. The fourth-order valence-electron chi connectivity index (χ4n) is 2.10. The van der Waals surface area contributed by atoms with Crippen molar-refractivity contribution >= 4 is 69.0 Å². The van der Waals surface area contributed by atoms with Gasteiger partial charge >= 0.3 is 11.9 Å². The Bertz CT molecular complexity index is 731. The van der Waals surface area contributed by atoms with E-state index in [0.29, 0.717) is 5.56 Å². The first-order valence-corrected chi connectivity index (χ1v) is 10.5. The maximum Gasteiger partial charge on any atom is 0.348 e. The number of carbonyl (C=O) groups is 3. The Balaban J connectivity index is 3.38. The van der Waals surface area contributed by atoms with Gasteiger partial charge in [0.15, 0.2) is 0 Å². The molecule has 1 aromatic heterocycles. The fourth-order valence-corrected chi connectivity index (χ4v) is 3.54. The Morgan fingerprint density at radius 2 is 1.61 bits per heavy atom. The fraction of sp³-hybridized carbons (Fsp3) is 0.588. The maximum atomic E-state index is 12.4. The van der Waals surface area contributed by atoms with Crippen LogP contribution in [-0.4, -0.2) is 41.0 Å². The van der Waals surface area contributed by atoms with Crippen LogP contribution in [-0.2, 0) is 14.3 Å². The molecule has 0 unspecified atom stereocenters. The molecule has 1 amide bonds. The highest BCUT2D eigenvalue weighted by Gasteiger charge is 2.37.